The molecule has 6 atom stereocenters. The van der Waals surface area contributed by atoms with Crippen LogP contribution in [0, 0.1) is 6.92 Å². The number of aliphatic hydroxyl groups excluding tert-OH is 3. The number of rotatable bonds is 16. The number of nitrogens with zero attached hydrogens (tertiary/aromatic N) is 5. The summed E-state index contributed by atoms with van der Waals surface area (Å²) in [6, 6.07) is 7.72. The Kier molecular flexibility index (Phi) is 14.4. The summed E-state index contributed by atoms with van der Waals surface area (Å²) in [5, 5.41) is 50.7. The van der Waals surface area contributed by atoms with Crippen molar-refractivity contribution in [1.82, 2.24) is 29.9 Å². The van der Waals surface area contributed by atoms with E-state index >= 15 is 0 Å². The van der Waals surface area contributed by atoms with Crippen molar-refractivity contribution < 1.29 is 58.5 Å². The van der Waals surface area contributed by atoms with Crippen LogP contribution in [0.1, 0.15) is 61.1 Å². The number of aliphatic carboxylic acids is 1. The van der Waals surface area contributed by atoms with E-state index in [4.69, 9.17) is 51.9 Å². The number of aliphatic hydroxyl groups is 3. The summed E-state index contributed by atoms with van der Waals surface area (Å²) < 4.78 is 30.9. The molecule has 1 saturated heterocycles. The van der Waals surface area contributed by atoms with Crippen molar-refractivity contribution in [3.63, 3.8) is 0 Å². The van der Waals surface area contributed by atoms with Crippen LogP contribution in [-0.2, 0) is 49.9 Å². The number of alkyl carbamates (subject to hydrolysis) is 1. The fraction of sp³-hybridized carbons (Fsp3) is 0.514. The summed E-state index contributed by atoms with van der Waals surface area (Å²) in [6.07, 6.45) is -4.88. The maximum atomic E-state index is 13.3. The van der Waals surface area contributed by atoms with Crippen molar-refractivity contribution in [2.75, 3.05) is 13.7 Å². The van der Waals surface area contributed by atoms with E-state index < -0.39 is 67.0 Å². The summed E-state index contributed by atoms with van der Waals surface area (Å²) in [4.78, 5) is 41.9. The lowest BCUT2D eigenvalue weighted by Gasteiger charge is -2.40. The van der Waals surface area contributed by atoms with E-state index in [9.17, 15) is 34.8 Å². The molecule has 310 valence electrons. The second-order valence-corrected chi connectivity index (χ2v) is 15.1. The zero-order chi connectivity index (χ0) is 41.6. The fourth-order valence-electron chi connectivity index (χ4n) is 6.17. The number of hydrogen-bond acceptors (Lipinski definition) is 14. The number of para-hydroxylation sites is 2. The number of esters is 1. The minimum Gasteiger partial charge on any atom is -0.483 e. The van der Waals surface area contributed by atoms with Crippen LogP contribution >= 0.6 is 23.2 Å². The Hall–Kier alpha value is -4.56. The van der Waals surface area contributed by atoms with Crippen LogP contribution in [0.5, 0.6) is 5.75 Å². The van der Waals surface area contributed by atoms with Crippen LogP contribution in [0.15, 0.2) is 36.5 Å². The monoisotopic (exact) mass is 836 g/mol. The normalized spacial score (nSPS) is 20.3. The molecule has 57 heavy (non-hydrogen) atoms. The van der Waals surface area contributed by atoms with Gasteiger partial charge in [-0.3, -0.25) is 4.68 Å². The van der Waals surface area contributed by atoms with Crippen LogP contribution in [-0.4, -0.2) is 119 Å². The average Bonchev–Trinajstić information content (AvgIpc) is 3.76. The van der Waals surface area contributed by atoms with Crippen LogP contribution in [0.2, 0.25) is 10.0 Å². The molecule has 0 saturated carbocycles. The van der Waals surface area contributed by atoms with Crippen molar-refractivity contribution in [2.45, 2.75) is 109 Å². The number of halogens is 2. The molecule has 1 aliphatic rings. The highest BCUT2D eigenvalue weighted by atomic mass is 35.5. The molecule has 0 bridgehead atoms. The summed E-state index contributed by atoms with van der Waals surface area (Å²) in [6.45, 7) is 6.70. The highest BCUT2D eigenvalue weighted by Gasteiger charge is 2.47. The number of carbonyl (C=O) groups excluding carboxylic acids is 2. The van der Waals surface area contributed by atoms with Crippen molar-refractivity contribution in [1.29, 1.82) is 0 Å². The average molecular weight is 838 g/mol. The molecule has 5 N–H and O–H groups in total. The SMILES string of the molecule is CO[C@H]1O[C@H](CO)[C@@H](O)[C@H](O)[C@H]1OC(=O)c1cc(Cl)c(OCc2nc3ccccc3n2CCCc2cn(CC[C@H](NC(=O)OC(C)(C)C)C(=O)O)nn2)c(Cl)c1C. The van der Waals surface area contributed by atoms with Crippen molar-refractivity contribution >= 4 is 52.3 Å². The molecule has 20 heteroatoms. The second kappa shape index (κ2) is 18.8. The van der Waals surface area contributed by atoms with E-state index in [1.165, 1.54) is 17.9 Å². The Bertz CT molecular complexity index is 2050. The summed E-state index contributed by atoms with van der Waals surface area (Å²) >= 11 is 13.3. The number of ether oxygens (including phenoxy) is 5. The molecule has 4 aromatic rings. The molecule has 0 aliphatic carbocycles. The highest BCUT2D eigenvalue weighted by molar-refractivity contribution is 6.38. The third-order valence-electron chi connectivity index (χ3n) is 9.06. The second-order valence-electron chi connectivity index (χ2n) is 14.3. The number of aryl methyl sites for hydroxylation is 3. The van der Waals surface area contributed by atoms with Gasteiger partial charge in [-0.25, -0.2) is 19.4 Å². The van der Waals surface area contributed by atoms with Gasteiger partial charge in [0.2, 0.25) is 0 Å². The molecule has 2 aromatic heterocycles. The number of imidazole rings is 1. The standard InChI is InChI=1S/C37H46Cl2N6O12/c1-19-21(34(51)56-32-30(48)29(47)26(17-46)55-35(32)53-5)15-22(38)31(28(19)39)54-18-27-40-23-10-6-7-11-25(23)45(27)13-8-9-20-16-44(43-42-20)14-12-24(33(49)50)41-36(52)57-37(2,3)4/h6-7,10-11,15-16,24,26,29-30,32,35,46-48H,8-9,12-14,17-18H2,1-5H3,(H,41,52)(H,49,50)/t24-,26+,29+,30-,32+,35-/m0/s1. The van der Waals surface area contributed by atoms with E-state index in [2.05, 4.69) is 15.6 Å². The van der Waals surface area contributed by atoms with E-state index in [0.29, 0.717) is 30.9 Å². The van der Waals surface area contributed by atoms with Crippen molar-refractivity contribution in [3.05, 3.63) is 69.2 Å². The number of carboxylic acid groups (broad SMARTS) is 1. The summed E-state index contributed by atoms with van der Waals surface area (Å²) in [7, 11) is 1.26. The first-order chi connectivity index (χ1) is 27.0. The zero-order valence-electron chi connectivity index (χ0n) is 31.9. The molecule has 2 aromatic carbocycles. The molecule has 18 nitrogen and oxygen atoms in total. The topological polar surface area (TPSA) is 239 Å². The number of carbonyl (C=O) groups is 3. The van der Waals surface area contributed by atoms with E-state index in [0.717, 1.165) is 11.0 Å². The van der Waals surface area contributed by atoms with Gasteiger partial charge in [0, 0.05) is 26.4 Å². The largest absolute Gasteiger partial charge is 0.483 e. The lowest BCUT2D eigenvalue weighted by molar-refractivity contribution is -0.293. The first-order valence-electron chi connectivity index (χ1n) is 18.0. The number of aromatic nitrogens is 5. The highest BCUT2D eigenvalue weighted by Crippen LogP contribution is 2.39. The van der Waals surface area contributed by atoms with Gasteiger partial charge in [0.15, 0.2) is 18.1 Å². The Labute approximate surface area is 337 Å². The van der Waals surface area contributed by atoms with Gasteiger partial charge in [-0.2, -0.15) is 0 Å². The molecule has 3 heterocycles. The molecular formula is C37H46Cl2N6O12. The quantitative estimate of drug-likeness (QED) is 0.102. The van der Waals surface area contributed by atoms with Gasteiger partial charge < -0.3 is 54.0 Å². The van der Waals surface area contributed by atoms with Gasteiger partial charge in [-0.05, 0) is 70.7 Å². The van der Waals surface area contributed by atoms with Gasteiger partial charge in [0.1, 0.15) is 42.4 Å². The maximum Gasteiger partial charge on any atom is 0.408 e. The molecule has 1 amide bonds. The number of methoxy groups -OCH3 is 1. The first kappa shape index (κ1) is 43.6. The predicted molar refractivity (Wildman–Crippen MR) is 203 cm³/mol. The minimum absolute atomic E-state index is 0.00251. The lowest BCUT2D eigenvalue weighted by Crippen LogP contribution is -2.60. The molecule has 1 fully saturated rings. The van der Waals surface area contributed by atoms with Crippen LogP contribution in [0.3, 0.4) is 0 Å². The Balaban J connectivity index is 1.22. The molecule has 0 spiro atoms. The van der Waals surface area contributed by atoms with Gasteiger partial charge >= 0.3 is 18.0 Å². The van der Waals surface area contributed by atoms with Crippen LogP contribution in [0.25, 0.3) is 11.0 Å². The first-order valence-corrected chi connectivity index (χ1v) is 18.8. The third-order valence-corrected chi connectivity index (χ3v) is 9.79. The maximum absolute atomic E-state index is 13.3. The minimum atomic E-state index is -1.62. The van der Waals surface area contributed by atoms with Crippen LogP contribution < -0.4 is 10.1 Å². The van der Waals surface area contributed by atoms with E-state index in [1.807, 2.05) is 28.8 Å². The number of fused-ring (bicyclic) bond motifs is 1. The van der Waals surface area contributed by atoms with Gasteiger partial charge in [-0.1, -0.05) is 40.5 Å². The van der Waals surface area contributed by atoms with Gasteiger partial charge in [-0.15, -0.1) is 5.10 Å². The molecule has 5 rings (SSSR count). The summed E-state index contributed by atoms with van der Waals surface area (Å²) in [5.41, 5.74) is 1.76. The Morgan fingerprint density at radius 2 is 1.84 bits per heavy atom. The third kappa shape index (κ3) is 10.7. The van der Waals surface area contributed by atoms with Crippen LogP contribution in [0.4, 0.5) is 4.79 Å². The number of nitrogens with one attached hydrogen (secondary N) is 1. The number of amides is 1. The number of carboxylic acids is 1. The van der Waals surface area contributed by atoms with Crippen molar-refractivity contribution in [3.8, 4) is 5.75 Å². The Morgan fingerprint density at radius 3 is 2.53 bits per heavy atom. The molecule has 0 radical (unpaired) electrons. The molecule has 0 unspecified atom stereocenters. The van der Waals surface area contributed by atoms with Crippen molar-refractivity contribution in [2.24, 2.45) is 0 Å². The van der Waals surface area contributed by atoms with E-state index in [-0.39, 0.29) is 46.5 Å². The predicted octanol–water partition coefficient (Wildman–Crippen LogP) is 3.43. The smallest absolute Gasteiger partial charge is 0.408 e. The van der Waals surface area contributed by atoms with E-state index in [1.54, 1.807) is 33.9 Å². The van der Waals surface area contributed by atoms with Gasteiger partial charge in [0.05, 0.1) is 38.9 Å². The number of hydrogen-bond donors (Lipinski definition) is 5. The summed E-state index contributed by atoms with van der Waals surface area (Å²) in [5.74, 6) is -1.44. The number of benzene rings is 2. The fourth-order valence-corrected chi connectivity index (χ4v) is 6.73. The molecule has 1 aliphatic heterocycles. The lowest BCUT2D eigenvalue weighted by atomic mass is 9.99. The zero-order valence-corrected chi connectivity index (χ0v) is 33.4. The van der Waals surface area contributed by atoms with Gasteiger partial charge in [0.25, 0.3) is 0 Å². The Morgan fingerprint density at radius 1 is 1.11 bits per heavy atom. The molecular weight excluding hydrogens is 791 g/mol.